The Morgan fingerprint density at radius 3 is 3.07 bits per heavy atom. The minimum Gasteiger partial charge on any atom is -0.493 e. The van der Waals surface area contributed by atoms with E-state index in [-0.39, 0.29) is 6.10 Å². The number of carboxylic acid groups (broad SMARTS) is 1. The molecule has 0 radical (unpaired) electrons. The molecular formula is C11H15NO3. The van der Waals surface area contributed by atoms with Crippen molar-refractivity contribution in [3.63, 3.8) is 0 Å². The quantitative estimate of drug-likeness (QED) is 0.729. The maximum absolute atomic E-state index is 10.7. The average molecular weight is 209 g/mol. The summed E-state index contributed by atoms with van der Waals surface area (Å²) >= 11 is 0. The zero-order chi connectivity index (χ0) is 10.7. The fraction of sp³-hybridized carbons (Fsp3) is 0.545. The van der Waals surface area contributed by atoms with Crippen LogP contribution in [0.1, 0.15) is 19.3 Å². The summed E-state index contributed by atoms with van der Waals surface area (Å²) in [5.74, 6) is 0.175. The second-order valence-electron chi connectivity index (χ2n) is 3.87. The van der Waals surface area contributed by atoms with E-state index in [0.29, 0.717) is 13.0 Å². The van der Waals surface area contributed by atoms with Crippen molar-refractivity contribution in [2.45, 2.75) is 31.4 Å². The average Bonchev–Trinajstić information content (AvgIpc) is 2.68. The molecule has 0 bridgehead atoms. The summed E-state index contributed by atoms with van der Waals surface area (Å²) in [7, 11) is 0. The van der Waals surface area contributed by atoms with Crippen molar-refractivity contribution in [3.8, 4) is 0 Å². The molecule has 1 aliphatic heterocycles. The summed E-state index contributed by atoms with van der Waals surface area (Å²) < 4.78 is 5.72. The first-order valence-electron chi connectivity index (χ1n) is 5.24. The number of carboxylic acids is 1. The summed E-state index contributed by atoms with van der Waals surface area (Å²) in [5.41, 5.74) is 0. The first-order valence-corrected chi connectivity index (χ1v) is 5.24. The maximum atomic E-state index is 10.7. The van der Waals surface area contributed by atoms with E-state index in [2.05, 4.69) is 11.4 Å². The minimum absolute atomic E-state index is 0.00356. The van der Waals surface area contributed by atoms with E-state index in [1.54, 1.807) is 0 Å². The topological polar surface area (TPSA) is 58.6 Å². The third kappa shape index (κ3) is 2.59. The van der Waals surface area contributed by atoms with Crippen LogP contribution in [0.15, 0.2) is 24.0 Å². The predicted molar refractivity (Wildman–Crippen MR) is 55.4 cm³/mol. The van der Waals surface area contributed by atoms with Gasteiger partial charge in [-0.1, -0.05) is 12.2 Å². The van der Waals surface area contributed by atoms with Crippen molar-refractivity contribution >= 4 is 5.97 Å². The van der Waals surface area contributed by atoms with Gasteiger partial charge in [-0.25, -0.2) is 0 Å². The largest absolute Gasteiger partial charge is 0.493 e. The van der Waals surface area contributed by atoms with Gasteiger partial charge in [-0.3, -0.25) is 4.79 Å². The Balaban J connectivity index is 1.84. The van der Waals surface area contributed by atoms with Crippen molar-refractivity contribution in [1.29, 1.82) is 0 Å². The van der Waals surface area contributed by atoms with Gasteiger partial charge in [0.1, 0.15) is 12.1 Å². The lowest BCUT2D eigenvalue weighted by molar-refractivity contribution is -0.139. The number of hydrogen-bond donors (Lipinski definition) is 2. The normalized spacial score (nSPS) is 30.0. The van der Waals surface area contributed by atoms with Crippen molar-refractivity contribution in [2.75, 3.05) is 6.54 Å². The monoisotopic (exact) mass is 209 g/mol. The van der Waals surface area contributed by atoms with E-state index in [9.17, 15) is 4.79 Å². The van der Waals surface area contributed by atoms with Gasteiger partial charge in [0.2, 0.25) is 0 Å². The van der Waals surface area contributed by atoms with E-state index in [4.69, 9.17) is 9.84 Å². The predicted octanol–water partition coefficient (Wildman–Crippen LogP) is 1.05. The Hall–Kier alpha value is -1.29. The molecule has 15 heavy (non-hydrogen) atoms. The fourth-order valence-corrected chi connectivity index (χ4v) is 1.87. The Morgan fingerprint density at radius 1 is 1.60 bits per heavy atom. The van der Waals surface area contributed by atoms with Crippen LogP contribution in [0.3, 0.4) is 0 Å². The van der Waals surface area contributed by atoms with Crippen LogP contribution in [0, 0.1) is 0 Å². The molecule has 0 saturated carbocycles. The Labute approximate surface area is 88.6 Å². The van der Waals surface area contributed by atoms with Gasteiger partial charge >= 0.3 is 5.97 Å². The molecule has 0 spiro atoms. The van der Waals surface area contributed by atoms with Gasteiger partial charge in [0, 0.05) is 19.4 Å². The Kier molecular flexibility index (Phi) is 3.06. The number of aliphatic carboxylic acids is 1. The summed E-state index contributed by atoms with van der Waals surface area (Å²) in [6.45, 7) is 0.623. The second-order valence-corrected chi connectivity index (χ2v) is 3.87. The number of nitrogens with one attached hydrogen (secondary N) is 1. The van der Waals surface area contributed by atoms with Crippen molar-refractivity contribution in [2.24, 2.45) is 0 Å². The van der Waals surface area contributed by atoms with E-state index < -0.39 is 12.0 Å². The van der Waals surface area contributed by atoms with Gasteiger partial charge in [0.25, 0.3) is 0 Å². The molecule has 1 fully saturated rings. The van der Waals surface area contributed by atoms with E-state index in [1.807, 2.05) is 12.2 Å². The SMILES string of the molecule is O=C(O)C1CC(OC2=CC=CCC2)CN1. The number of ether oxygens (including phenoxy) is 1. The van der Waals surface area contributed by atoms with Crippen molar-refractivity contribution in [3.05, 3.63) is 24.0 Å². The van der Waals surface area contributed by atoms with Crippen LogP contribution in [0.5, 0.6) is 0 Å². The van der Waals surface area contributed by atoms with Gasteiger partial charge < -0.3 is 15.2 Å². The summed E-state index contributed by atoms with van der Waals surface area (Å²) in [6.07, 6.45) is 8.52. The zero-order valence-corrected chi connectivity index (χ0v) is 8.48. The highest BCUT2D eigenvalue weighted by Gasteiger charge is 2.30. The molecular weight excluding hydrogens is 194 g/mol. The Morgan fingerprint density at radius 2 is 2.47 bits per heavy atom. The van der Waals surface area contributed by atoms with Crippen LogP contribution >= 0.6 is 0 Å². The molecule has 1 saturated heterocycles. The number of carbonyl (C=O) groups is 1. The molecule has 0 amide bonds. The Bertz CT molecular complexity index is 309. The molecule has 2 aliphatic rings. The maximum Gasteiger partial charge on any atom is 0.320 e. The van der Waals surface area contributed by atoms with Crippen LogP contribution in [0.4, 0.5) is 0 Å². The lowest BCUT2D eigenvalue weighted by Crippen LogP contribution is -2.29. The summed E-state index contributed by atoms with van der Waals surface area (Å²) in [4.78, 5) is 10.7. The number of rotatable bonds is 3. The number of allylic oxidation sites excluding steroid dienone is 4. The molecule has 0 aromatic rings. The van der Waals surface area contributed by atoms with Crippen LogP contribution in [-0.2, 0) is 9.53 Å². The molecule has 1 heterocycles. The van der Waals surface area contributed by atoms with Crippen LogP contribution in [-0.4, -0.2) is 29.8 Å². The van der Waals surface area contributed by atoms with Gasteiger partial charge in [0.05, 0.1) is 5.76 Å². The molecule has 2 unspecified atom stereocenters. The molecule has 0 aromatic heterocycles. The molecule has 82 valence electrons. The standard InChI is InChI=1S/C11H15NO3/c13-11(14)10-6-9(7-12-10)15-8-4-2-1-3-5-8/h1-2,4,9-10,12H,3,5-7H2,(H,13,14). The van der Waals surface area contributed by atoms with Gasteiger partial charge in [-0.2, -0.15) is 0 Å². The molecule has 1 aliphatic carbocycles. The molecule has 4 nitrogen and oxygen atoms in total. The lowest BCUT2D eigenvalue weighted by Gasteiger charge is -2.16. The van der Waals surface area contributed by atoms with Crippen molar-refractivity contribution < 1.29 is 14.6 Å². The van der Waals surface area contributed by atoms with E-state index in [1.165, 1.54) is 0 Å². The highest BCUT2D eigenvalue weighted by Crippen LogP contribution is 2.19. The lowest BCUT2D eigenvalue weighted by atomic mass is 10.1. The fourth-order valence-electron chi connectivity index (χ4n) is 1.87. The van der Waals surface area contributed by atoms with Crippen molar-refractivity contribution in [1.82, 2.24) is 5.32 Å². The first-order chi connectivity index (χ1) is 7.25. The molecule has 2 N–H and O–H groups in total. The van der Waals surface area contributed by atoms with Gasteiger partial charge in [0.15, 0.2) is 0 Å². The van der Waals surface area contributed by atoms with Gasteiger partial charge in [-0.15, -0.1) is 0 Å². The summed E-state index contributed by atoms with van der Waals surface area (Å²) in [5, 5.41) is 11.7. The molecule has 0 aromatic carbocycles. The summed E-state index contributed by atoms with van der Waals surface area (Å²) in [6, 6.07) is -0.449. The smallest absolute Gasteiger partial charge is 0.320 e. The highest BCUT2D eigenvalue weighted by atomic mass is 16.5. The van der Waals surface area contributed by atoms with Crippen LogP contribution < -0.4 is 5.32 Å². The zero-order valence-electron chi connectivity index (χ0n) is 8.48. The third-order valence-corrected chi connectivity index (χ3v) is 2.68. The minimum atomic E-state index is -0.793. The molecule has 2 atom stereocenters. The van der Waals surface area contributed by atoms with E-state index >= 15 is 0 Å². The van der Waals surface area contributed by atoms with Crippen LogP contribution in [0.2, 0.25) is 0 Å². The number of hydrogen-bond acceptors (Lipinski definition) is 3. The molecule has 4 heteroatoms. The van der Waals surface area contributed by atoms with Crippen LogP contribution in [0.25, 0.3) is 0 Å². The van der Waals surface area contributed by atoms with E-state index in [0.717, 1.165) is 18.6 Å². The highest BCUT2D eigenvalue weighted by molar-refractivity contribution is 5.73. The second kappa shape index (κ2) is 4.49. The first kappa shape index (κ1) is 10.2. The third-order valence-electron chi connectivity index (χ3n) is 2.68. The molecule has 2 rings (SSSR count). The van der Waals surface area contributed by atoms with Gasteiger partial charge in [-0.05, 0) is 12.5 Å².